The molecule has 19 heavy (non-hydrogen) atoms. The minimum atomic E-state index is 0.214. The van der Waals surface area contributed by atoms with Gasteiger partial charge >= 0.3 is 0 Å². The molecule has 1 fully saturated rings. The summed E-state index contributed by atoms with van der Waals surface area (Å²) in [6.45, 7) is 6.98. The van der Waals surface area contributed by atoms with Gasteiger partial charge in [0.15, 0.2) is 5.78 Å². The summed E-state index contributed by atoms with van der Waals surface area (Å²) in [6, 6.07) is 2.00. The minimum Gasteiger partial charge on any atom is -0.380 e. The number of Topliss-reactive ketones (excluding diaryl/α,β-unsaturated/α-hetero) is 1. The first kappa shape index (κ1) is 14.7. The zero-order chi connectivity index (χ0) is 13.8. The van der Waals surface area contributed by atoms with Gasteiger partial charge < -0.3 is 4.74 Å². The SMILES string of the molecule is Cc1cc(C(=O)CN(C)CCOCC2CC2)c(C)s1. The second kappa shape index (κ2) is 6.64. The van der Waals surface area contributed by atoms with Crippen LogP contribution in [-0.2, 0) is 4.74 Å². The van der Waals surface area contributed by atoms with Gasteiger partial charge in [0.25, 0.3) is 0 Å². The Morgan fingerprint density at radius 1 is 1.47 bits per heavy atom. The molecule has 1 aromatic rings. The van der Waals surface area contributed by atoms with E-state index < -0.39 is 0 Å². The molecule has 0 spiro atoms. The Balaban J connectivity index is 1.69. The summed E-state index contributed by atoms with van der Waals surface area (Å²) in [6.07, 6.45) is 2.65. The third-order valence-electron chi connectivity index (χ3n) is 3.42. The van der Waals surface area contributed by atoms with Gasteiger partial charge in [-0.25, -0.2) is 0 Å². The summed E-state index contributed by atoms with van der Waals surface area (Å²) < 4.78 is 5.59. The van der Waals surface area contributed by atoms with Gasteiger partial charge in [-0.3, -0.25) is 9.69 Å². The smallest absolute Gasteiger partial charge is 0.177 e. The molecule has 3 nitrogen and oxygen atoms in total. The Morgan fingerprint density at radius 2 is 2.21 bits per heavy atom. The quantitative estimate of drug-likeness (QED) is 0.542. The molecule has 2 rings (SSSR count). The van der Waals surface area contributed by atoms with Crippen molar-refractivity contribution >= 4 is 17.1 Å². The summed E-state index contributed by atoms with van der Waals surface area (Å²) in [7, 11) is 1.98. The molecule has 1 aliphatic rings. The van der Waals surface area contributed by atoms with Gasteiger partial charge in [0.2, 0.25) is 0 Å². The molecule has 0 saturated heterocycles. The van der Waals surface area contributed by atoms with Crippen LogP contribution in [0.4, 0.5) is 0 Å². The molecule has 1 heterocycles. The van der Waals surface area contributed by atoms with E-state index in [0.717, 1.165) is 36.1 Å². The number of ketones is 1. The van der Waals surface area contributed by atoms with E-state index in [1.54, 1.807) is 11.3 Å². The van der Waals surface area contributed by atoms with Crippen molar-refractivity contribution in [3.8, 4) is 0 Å². The first-order valence-electron chi connectivity index (χ1n) is 6.93. The lowest BCUT2D eigenvalue weighted by atomic mass is 10.1. The molecule has 106 valence electrons. The van der Waals surface area contributed by atoms with E-state index in [0.29, 0.717) is 6.54 Å². The second-order valence-electron chi connectivity index (χ2n) is 5.51. The average molecular weight is 281 g/mol. The molecule has 0 aliphatic heterocycles. The molecule has 0 bridgehead atoms. The number of thiophene rings is 1. The fraction of sp³-hybridized carbons (Fsp3) is 0.667. The van der Waals surface area contributed by atoms with E-state index in [2.05, 4.69) is 0 Å². The fourth-order valence-corrected chi connectivity index (χ4v) is 3.01. The number of ether oxygens (including phenoxy) is 1. The summed E-state index contributed by atoms with van der Waals surface area (Å²) in [5, 5.41) is 0. The highest BCUT2D eigenvalue weighted by Crippen LogP contribution is 2.28. The third-order valence-corrected chi connectivity index (χ3v) is 4.39. The number of likely N-dealkylation sites (N-methyl/N-ethyl adjacent to an activating group) is 1. The predicted octanol–water partition coefficient (Wildman–Crippen LogP) is 2.91. The Bertz CT molecular complexity index is 437. The molecule has 1 aliphatic carbocycles. The molecule has 0 amide bonds. The van der Waals surface area contributed by atoms with Gasteiger partial charge in [-0.1, -0.05) is 0 Å². The summed E-state index contributed by atoms with van der Waals surface area (Å²) >= 11 is 1.69. The Morgan fingerprint density at radius 3 is 2.79 bits per heavy atom. The van der Waals surface area contributed by atoms with Crippen LogP contribution in [0.5, 0.6) is 0 Å². The van der Waals surface area contributed by atoms with Crippen LogP contribution in [0.1, 0.15) is 33.0 Å². The van der Waals surface area contributed by atoms with Gasteiger partial charge in [-0.05, 0) is 45.7 Å². The lowest BCUT2D eigenvalue weighted by Crippen LogP contribution is -2.29. The highest BCUT2D eigenvalue weighted by molar-refractivity contribution is 7.12. The number of hydrogen-bond donors (Lipinski definition) is 0. The van der Waals surface area contributed by atoms with Gasteiger partial charge in [0.05, 0.1) is 13.2 Å². The molecule has 0 unspecified atom stereocenters. The average Bonchev–Trinajstić information content (AvgIpc) is 3.09. The van der Waals surface area contributed by atoms with E-state index in [-0.39, 0.29) is 5.78 Å². The largest absolute Gasteiger partial charge is 0.380 e. The van der Waals surface area contributed by atoms with Crippen molar-refractivity contribution in [2.24, 2.45) is 5.92 Å². The molecular weight excluding hydrogens is 258 g/mol. The number of rotatable bonds is 8. The summed E-state index contributed by atoms with van der Waals surface area (Å²) in [5.74, 6) is 1.02. The molecule has 0 radical (unpaired) electrons. The predicted molar refractivity (Wildman–Crippen MR) is 79.2 cm³/mol. The number of aryl methyl sites for hydroxylation is 2. The van der Waals surface area contributed by atoms with Crippen LogP contribution < -0.4 is 0 Å². The fourth-order valence-electron chi connectivity index (χ4n) is 2.07. The van der Waals surface area contributed by atoms with Crippen LogP contribution in [-0.4, -0.2) is 44.0 Å². The Hall–Kier alpha value is -0.710. The van der Waals surface area contributed by atoms with Crippen molar-refractivity contribution in [3.63, 3.8) is 0 Å². The maximum absolute atomic E-state index is 12.2. The van der Waals surface area contributed by atoms with E-state index in [4.69, 9.17) is 4.74 Å². The molecule has 0 N–H and O–H groups in total. The third kappa shape index (κ3) is 4.71. The van der Waals surface area contributed by atoms with E-state index in [9.17, 15) is 4.79 Å². The van der Waals surface area contributed by atoms with Crippen LogP contribution in [0.15, 0.2) is 6.07 Å². The van der Waals surface area contributed by atoms with Crippen molar-refractivity contribution in [2.45, 2.75) is 26.7 Å². The van der Waals surface area contributed by atoms with Crippen LogP contribution in [0.25, 0.3) is 0 Å². The maximum atomic E-state index is 12.2. The molecular formula is C15H23NO2S. The number of hydrogen-bond acceptors (Lipinski definition) is 4. The normalized spacial score (nSPS) is 15.2. The Kier molecular flexibility index (Phi) is 5.13. The number of carbonyl (C=O) groups is 1. The standard InChI is InChI=1S/C15H23NO2S/c1-11-8-14(12(2)19-11)15(17)9-16(3)6-7-18-10-13-4-5-13/h8,13H,4-7,9-10H2,1-3H3. The van der Waals surface area contributed by atoms with Gasteiger partial charge in [0.1, 0.15) is 0 Å². The van der Waals surface area contributed by atoms with E-state index in [1.165, 1.54) is 17.7 Å². The van der Waals surface area contributed by atoms with Crippen LogP contribution in [0.3, 0.4) is 0 Å². The molecule has 1 saturated carbocycles. The Labute approximate surface area is 119 Å². The van der Waals surface area contributed by atoms with Crippen LogP contribution in [0, 0.1) is 19.8 Å². The van der Waals surface area contributed by atoms with Gasteiger partial charge in [0, 0.05) is 28.5 Å². The summed E-state index contributed by atoms with van der Waals surface area (Å²) in [4.78, 5) is 16.5. The molecule has 4 heteroatoms. The zero-order valence-corrected chi connectivity index (χ0v) is 12.9. The first-order valence-corrected chi connectivity index (χ1v) is 7.74. The number of carbonyl (C=O) groups excluding carboxylic acids is 1. The van der Waals surface area contributed by atoms with Gasteiger partial charge in [-0.15, -0.1) is 11.3 Å². The lowest BCUT2D eigenvalue weighted by molar-refractivity contribution is 0.0861. The highest BCUT2D eigenvalue weighted by atomic mass is 32.1. The second-order valence-corrected chi connectivity index (χ2v) is 6.97. The van der Waals surface area contributed by atoms with Crippen molar-refractivity contribution in [2.75, 3.05) is 33.4 Å². The molecule has 1 aromatic heterocycles. The number of nitrogens with zero attached hydrogens (tertiary/aromatic N) is 1. The highest BCUT2D eigenvalue weighted by Gasteiger charge is 2.21. The van der Waals surface area contributed by atoms with Crippen molar-refractivity contribution in [1.82, 2.24) is 4.90 Å². The molecule has 0 aromatic carbocycles. The molecule has 0 atom stereocenters. The van der Waals surface area contributed by atoms with Crippen molar-refractivity contribution < 1.29 is 9.53 Å². The minimum absolute atomic E-state index is 0.214. The van der Waals surface area contributed by atoms with Crippen molar-refractivity contribution in [3.05, 3.63) is 21.4 Å². The lowest BCUT2D eigenvalue weighted by Gasteiger charge is -2.15. The summed E-state index contributed by atoms with van der Waals surface area (Å²) in [5.41, 5.74) is 0.883. The van der Waals surface area contributed by atoms with Gasteiger partial charge in [-0.2, -0.15) is 0 Å². The van der Waals surface area contributed by atoms with E-state index in [1.807, 2.05) is 31.9 Å². The van der Waals surface area contributed by atoms with Crippen LogP contribution >= 0.6 is 11.3 Å². The monoisotopic (exact) mass is 281 g/mol. The van der Waals surface area contributed by atoms with Crippen molar-refractivity contribution in [1.29, 1.82) is 0 Å². The van der Waals surface area contributed by atoms with Crippen LogP contribution in [0.2, 0.25) is 0 Å². The maximum Gasteiger partial charge on any atom is 0.177 e. The topological polar surface area (TPSA) is 29.5 Å². The first-order chi connectivity index (χ1) is 9.06. The zero-order valence-electron chi connectivity index (χ0n) is 12.1. The van der Waals surface area contributed by atoms with E-state index >= 15 is 0 Å².